The number of anilines is 1. The fraction of sp³-hybridized carbons (Fsp3) is 0.250. The smallest absolute Gasteiger partial charge is 0.271 e. The number of aromatic nitrogens is 2. The molecule has 1 N–H and O–H groups in total. The summed E-state index contributed by atoms with van der Waals surface area (Å²) >= 11 is 0. The van der Waals surface area contributed by atoms with Crippen molar-refractivity contribution in [1.82, 2.24) is 13.9 Å². The number of benzene rings is 2. The Balaban J connectivity index is 1.81. The Morgan fingerprint density at radius 3 is 2.56 bits per heavy atom. The monoisotopic (exact) mass is 459 g/mol. The van der Waals surface area contributed by atoms with Crippen LogP contribution >= 0.6 is 0 Å². The van der Waals surface area contributed by atoms with Crippen LogP contribution in [0.5, 0.6) is 0 Å². The van der Waals surface area contributed by atoms with E-state index in [1.54, 1.807) is 19.9 Å². The largest absolute Gasteiger partial charge is 0.324 e. The number of sulfonamides is 1. The molecule has 3 rings (SSSR count). The zero-order valence-electron chi connectivity index (χ0n) is 17.4. The first kappa shape index (κ1) is 23.0. The first-order valence-corrected chi connectivity index (χ1v) is 11.1. The maximum absolute atomic E-state index is 12.7. The first-order valence-electron chi connectivity index (χ1n) is 9.71. The van der Waals surface area contributed by atoms with Gasteiger partial charge in [-0.1, -0.05) is 19.9 Å². The third-order valence-corrected chi connectivity index (χ3v) is 6.84. The number of carbonyl (C=O) groups is 1. The van der Waals surface area contributed by atoms with Gasteiger partial charge >= 0.3 is 0 Å². The number of rotatable bonds is 8. The molecule has 0 unspecified atom stereocenters. The molecule has 0 aliphatic carbocycles. The Bertz CT molecular complexity index is 1350. The third-order valence-electron chi connectivity index (χ3n) is 4.79. The highest BCUT2D eigenvalue weighted by molar-refractivity contribution is 7.89. The van der Waals surface area contributed by atoms with Crippen molar-refractivity contribution in [3.05, 3.63) is 69.3 Å². The van der Waals surface area contributed by atoms with Gasteiger partial charge in [0.1, 0.15) is 6.54 Å². The summed E-state index contributed by atoms with van der Waals surface area (Å²) in [6.07, 6.45) is 1.13. The normalized spacial score (nSPS) is 11.6. The molecule has 0 fully saturated rings. The highest BCUT2D eigenvalue weighted by atomic mass is 32.2. The molecule has 0 aliphatic heterocycles. The van der Waals surface area contributed by atoms with Crippen LogP contribution in [0.25, 0.3) is 10.9 Å². The van der Waals surface area contributed by atoms with Gasteiger partial charge < -0.3 is 5.32 Å². The minimum atomic E-state index is -3.69. The van der Waals surface area contributed by atoms with E-state index in [1.165, 1.54) is 40.7 Å². The van der Waals surface area contributed by atoms with Gasteiger partial charge in [0, 0.05) is 30.9 Å². The van der Waals surface area contributed by atoms with Crippen LogP contribution < -0.4 is 10.9 Å². The van der Waals surface area contributed by atoms with E-state index < -0.39 is 26.4 Å². The summed E-state index contributed by atoms with van der Waals surface area (Å²) in [5, 5.41) is 13.6. The number of hydrogen-bond donors (Lipinski definition) is 1. The van der Waals surface area contributed by atoms with Crippen molar-refractivity contribution in [2.75, 3.05) is 18.4 Å². The lowest BCUT2D eigenvalue weighted by Gasteiger charge is -2.18. The van der Waals surface area contributed by atoms with E-state index in [9.17, 15) is 28.1 Å². The Morgan fingerprint density at radius 1 is 1.19 bits per heavy atom. The number of nitro benzene ring substituents is 1. The molecule has 0 spiro atoms. The number of nitrogens with one attached hydrogen (secondary N) is 1. The SMILES string of the molecule is CCN(CC)S(=O)(=O)c1cccc(NC(=O)Cn2cnc3cc([N+](=O)[O-])ccc3c2=O)c1. The number of nitrogens with zero attached hydrogens (tertiary/aromatic N) is 4. The maximum Gasteiger partial charge on any atom is 0.271 e. The summed E-state index contributed by atoms with van der Waals surface area (Å²) in [5.74, 6) is -0.562. The fourth-order valence-corrected chi connectivity index (χ4v) is 4.68. The maximum atomic E-state index is 12.7. The van der Waals surface area contributed by atoms with Crippen LogP contribution in [0, 0.1) is 10.1 Å². The summed E-state index contributed by atoms with van der Waals surface area (Å²) in [6, 6.07) is 9.52. The van der Waals surface area contributed by atoms with Crippen molar-refractivity contribution >= 4 is 38.2 Å². The minimum absolute atomic E-state index is 0.0464. The molecule has 1 heterocycles. The predicted octanol–water partition coefficient (Wildman–Crippen LogP) is 1.97. The molecule has 0 saturated heterocycles. The molecule has 2 aromatic carbocycles. The zero-order valence-corrected chi connectivity index (χ0v) is 18.2. The molecule has 1 aromatic heterocycles. The number of fused-ring (bicyclic) bond motifs is 1. The lowest BCUT2D eigenvalue weighted by atomic mass is 10.2. The second kappa shape index (κ2) is 9.24. The predicted molar refractivity (Wildman–Crippen MR) is 118 cm³/mol. The summed E-state index contributed by atoms with van der Waals surface area (Å²) < 4.78 is 27.7. The quantitative estimate of drug-likeness (QED) is 0.400. The van der Waals surface area contributed by atoms with E-state index in [0.29, 0.717) is 13.1 Å². The summed E-state index contributed by atoms with van der Waals surface area (Å²) in [7, 11) is -3.69. The number of amides is 1. The van der Waals surface area contributed by atoms with Crippen molar-refractivity contribution in [1.29, 1.82) is 0 Å². The molecule has 0 aliphatic rings. The lowest BCUT2D eigenvalue weighted by molar-refractivity contribution is -0.384. The summed E-state index contributed by atoms with van der Waals surface area (Å²) in [4.78, 5) is 39.4. The minimum Gasteiger partial charge on any atom is -0.324 e. The molecular formula is C20H21N5O6S. The Hall–Kier alpha value is -3.64. The van der Waals surface area contributed by atoms with E-state index >= 15 is 0 Å². The molecule has 1 amide bonds. The van der Waals surface area contributed by atoms with Gasteiger partial charge in [0.25, 0.3) is 11.2 Å². The van der Waals surface area contributed by atoms with Crippen LogP contribution in [0.1, 0.15) is 13.8 Å². The second-order valence-corrected chi connectivity index (χ2v) is 8.74. The molecule has 0 atom stereocenters. The number of carbonyl (C=O) groups excluding carboxylic acids is 1. The van der Waals surface area contributed by atoms with Crippen molar-refractivity contribution in [2.45, 2.75) is 25.3 Å². The fourth-order valence-electron chi connectivity index (χ4n) is 3.18. The second-order valence-electron chi connectivity index (χ2n) is 6.80. The Kier molecular flexibility index (Phi) is 6.65. The highest BCUT2D eigenvalue weighted by Gasteiger charge is 2.22. The molecule has 168 valence electrons. The van der Waals surface area contributed by atoms with Gasteiger partial charge in [-0.2, -0.15) is 4.31 Å². The first-order chi connectivity index (χ1) is 15.2. The van der Waals surface area contributed by atoms with E-state index in [2.05, 4.69) is 10.3 Å². The van der Waals surface area contributed by atoms with Gasteiger partial charge in [-0.3, -0.25) is 24.3 Å². The van der Waals surface area contributed by atoms with Crippen LogP contribution in [-0.2, 0) is 21.4 Å². The van der Waals surface area contributed by atoms with Crippen LogP contribution in [0.15, 0.2) is 58.5 Å². The van der Waals surface area contributed by atoms with Gasteiger partial charge in [0.05, 0.1) is 27.0 Å². The molecular weight excluding hydrogens is 438 g/mol. The molecule has 0 saturated carbocycles. The average Bonchev–Trinajstić information content (AvgIpc) is 2.76. The summed E-state index contributed by atoms with van der Waals surface area (Å²) in [5.41, 5.74) is -0.312. The topological polar surface area (TPSA) is 145 Å². The average molecular weight is 459 g/mol. The van der Waals surface area contributed by atoms with Crippen LogP contribution in [0.4, 0.5) is 11.4 Å². The molecule has 32 heavy (non-hydrogen) atoms. The van der Waals surface area contributed by atoms with E-state index in [-0.39, 0.29) is 33.7 Å². The number of hydrogen-bond acceptors (Lipinski definition) is 7. The van der Waals surface area contributed by atoms with E-state index in [4.69, 9.17) is 0 Å². The van der Waals surface area contributed by atoms with Crippen molar-refractivity contribution in [2.24, 2.45) is 0 Å². The van der Waals surface area contributed by atoms with Crippen molar-refractivity contribution < 1.29 is 18.1 Å². The van der Waals surface area contributed by atoms with Gasteiger partial charge in [0.2, 0.25) is 15.9 Å². The summed E-state index contributed by atoms with van der Waals surface area (Å²) in [6.45, 7) is 3.74. The van der Waals surface area contributed by atoms with Gasteiger partial charge in [-0.15, -0.1) is 0 Å². The van der Waals surface area contributed by atoms with Crippen LogP contribution in [0.3, 0.4) is 0 Å². The van der Waals surface area contributed by atoms with E-state index in [0.717, 1.165) is 10.9 Å². The van der Waals surface area contributed by atoms with Gasteiger partial charge in [-0.25, -0.2) is 13.4 Å². The lowest BCUT2D eigenvalue weighted by Crippen LogP contribution is -2.30. The number of non-ortho nitro benzene ring substituents is 1. The molecule has 12 heteroatoms. The molecule has 11 nitrogen and oxygen atoms in total. The molecule has 3 aromatic rings. The molecule has 0 bridgehead atoms. The molecule has 0 radical (unpaired) electrons. The Morgan fingerprint density at radius 2 is 1.91 bits per heavy atom. The Labute approximate surface area is 183 Å². The third kappa shape index (κ3) is 4.65. The standard InChI is InChI=1S/C20H21N5O6S/c1-3-24(4-2)32(30,31)16-7-5-6-14(10-16)22-19(26)12-23-13-21-18-11-15(25(28)29)8-9-17(18)20(23)27/h5-11,13H,3-4,12H2,1-2H3,(H,22,26). The van der Waals surface area contributed by atoms with Gasteiger partial charge in [-0.05, 0) is 24.3 Å². The van der Waals surface area contributed by atoms with E-state index in [1.807, 2.05) is 0 Å². The highest BCUT2D eigenvalue weighted by Crippen LogP contribution is 2.20. The van der Waals surface area contributed by atoms with Crippen molar-refractivity contribution in [3.8, 4) is 0 Å². The van der Waals surface area contributed by atoms with Gasteiger partial charge in [0.15, 0.2) is 0 Å². The van der Waals surface area contributed by atoms with Crippen molar-refractivity contribution in [3.63, 3.8) is 0 Å². The van der Waals surface area contributed by atoms with Crippen LogP contribution in [0.2, 0.25) is 0 Å². The zero-order chi connectivity index (χ0) is 23.5. The number of nitro groups is 1. The van der Waals surface area contributed by atoms with Crippen LogP contribution in [-0.4, -0.2) is 46.2 Å².